The van der Waals surface area contributed by atoms with Crippen LogP contribution in [0.1, 0.15) is 99.7 Å². The zero-order chi connectivity index (χ0) is 26.7. The summed E-state index contributed by atoms with van der Waals surface area (Å²) in [4.78, 5) is 32.3. The van der Waals surface area contributed by atoms with Crippen LogP contribution in [0.4, 0.5) is 0 Å². The van der Waals surface area contributed by atoms with Crippen LogP contribution >= 0.6 is 0 Å². The number of piperazine rings is 1. The van der Waals surface area contributed by atoms with E-state index < -0.39 is 5.54 Å². The maximum absolute atomic E-state index is 13.9. The number of nitrogens with one attached hydrogen (secondary N) is 2. The van der Waals surface area contributed by atoms with Gasteiger partial charge in [0.2, 0.25) is 11.8 Å². The minimum Gasteiger partial charge on any atom is -0.342 e. The number of aromatic amines is 1. The van der Waals surface area contributed by atoms with Gasteiger partial charge < -0.3 is 10.2 Å². The summed E-state index contributed by atoms with van der Waals surface area (Å²) in [6.07, 6.45) is 10.2. The van der Waals surface area contributed by atoms with Crippen molar-refractivity contribution in [2.75, 3.05) is 19.6 Å². The highest BCUT2D eigenvalue weighted by molar-refractivity contribution is 6.00. The standard InChI is InChI=1S/C31H45N5O2/c1-4-5-18-36-29(37)26(21-24-12-8-6-9-13-24)32-30(38)31(36)16-19-35(20-17-31)28(25-14-10-7-11-15-25)27-22(2)33-34-23(27)3/h7,10-11,14-15,24,26,28H,4-6,8-9,12-13,16-21H2,1-3H3,(H,32,38)(H,33,34)/t26-,28?/m0/s1. The number of carbonyl (C=O) groups excluding carboxylic acids is 2. The summed E-state index contributed by atoms with van der Waals surface area (Å²) in [7, 11) is 0. The number of piperidine rings is 1. The summed E-state index contributed by atoms with van der Waals surface area (Å²) in [5, 5.41) is 10.9. The molecule has 206 valence electrons. The Morgan fingerprint density at radius 3 is 2.39 bits per heavy atom. The van der Waals surface area contributed by atoms with Crippen LogP contribution in [0, 0.1) is 19.8 Å². The number of likely N-dealkylation sites (tertiary alicyclic amines) is 1. The molecule has 3 heterocycles. The predicted octanol–water partition coefficient (Wildman–Crippen LogP) is 5.05. The SMILES string of the molecule is CCCCN1C(=O)[C@H](CC2CCCCC2)NC(=O)C12CCN(C(c1ccccc1)c1c(C)n[nH]c1C)CC2. The molecule has 38 heavy (non-hydrogen) atoms. The largest absolute Gasteiger partial charge is 0.342 e. The van der Waals surface area contributed by atoms with Crippen molar-refractivity contribution < 1.29 is 9.59 Å². The van der Waals surface area contributed by atoms with Gasteiger partial charge in [-0.15, -0.1) is 0 Å². The van der Waals surface area contributed by atoms with Crippen LogP contribution in [0.3, 0.4) is 0 Å². The Kier molecular flexibility index (Phi) is 8.22. The lowest BCUT2D eigenvalue weighted by molar-refractivity contribution is -0.162. The van der Waals surface area contributed by atoms with Gasteiger partial charge in [-0.2, -0.15) is 5.10 Å². The van der Waals surface area contributed by atoms with Crippen molar-refractivity contribution in [1.82, 2.24) is 25.3 Å². The van der Waals surface area contributed by atoms with Gasteiger partial charge in [-0.3, -0.25) is 19.6 Å². The molecule has 1 aromatic heterocycles. The van der Waals surface area contributed by atoms with Gasteiger partial charge in [0.05, 0.1) is 11.7 Å². The number of H-pyrrole nitrogens is 1. The molecule has 2 amide bonds. The molecule has 2 atom stereocenters. The number of carbonyl (C=O) groups is 2. The molecule has 2 saturated heterocycles. The molecule has 1 saturated carbocycles. The van der Waals surface area contributed by atoms with E-state index in [1.807, 2.05) is 11.0 Å². The molecule has 1 aliphatic carbocycles. The maximum atomic E-state index is 13.9. The Balaban J connectivity index is 1.38. The van der Waals surface area contributed by atoms with E-state index in [4.69, 9.17) is 0 Å². The van der Waals surface area contributed by atoms with Gasteiger partial charge in [-0.05, 0) is 51.0 Å². The fraction of sp³-hybridized carbons (Fsp3) is 0.645. The molecule has 7 heteroatoms. The minimum atomic E-state index is -0.743. The first-order valence-electron chi connectivity index (χ1n) is 14.9. The highest BCUT2D eigenvalue weighted by Crippen LogP contribution is 2.40. The van der Waals surface area contributed by atoms with Crippen LogP contribution < -0.4 is 5.32 Å². The van der Waals surface area contributed by atoms with Crippen LogP contribution in [0.25, 0.3) is 0 Å². The lowest BCUT2D eigenvalue weighted by Crippen LogP contribution is -2.73. The van der Waals surface area contributed by atoms with E-state index in [1.54, 1.807) is 0 Å². The fourth-order valence-electron chi connectivity index (χ4n) is 7.24. The summed E-state index contributed by atoms with van der Waals surface area (Å²) < 4.78 is 0. The smallest absolute Gasteiger partial charge is 0.246 e. The number of unbranched alkanes of at least 4 members (excludes halogenated alkanes) is 1. The molecular weight excluding hydrogens is 474 g/mol. The normalized spacial score (nSPS) is 23.6. The van der Waals surface area contributed by atoms with E-state index in [1.165, 1.54) is 43.2 Å². The third kappa shape index (κ3) is 5.14. The Morgan fingerprint density at radius 1 is 1.05 bits per heavy atom. The number of aryl methyl sites for hydroxylation is 2. The topological polar surface area (TPSA) is 81.3 Å². The molecule has 1 spiro atoms. The average Bonchev–Trinajstić information content (AvgIpc) is 3.27. The van der Waals surface area contributed by atoms with E-state index in [0.717, 1.165) is 43.7 Å². The second-order valence-electron chi connectivity index (χ2n) is 11.8. The summed E-state index contributed by atoms with van der Waals surface area (Å²) in [5.41, 5.74) is 3.80. The van der Waals surface area contributed by atoms with E-state index in [0.29, 0.717) is 25.3 Å². The third-order valence-electron chi connectivity index (χ3n) is 9.40. The van der Waals surface area contributed by atoms with E-state index in [-0.39, 0.29) is 23.9 Å². The summed E-state index contributed by atoms with van der Waals surface area (Å²) >= 11 is 0. The molecule has 7 nitrogen and oxygen atoms in total. The highest BCUT2D eigenvalue weighted by atomic mass is 16.2. The quantitative estimate of drug-likeness (QED) is 0.512. The van der Waals surface area contributed by atoms with Crippen molar-refractivity contribution in [3.8, 4) is 0 Å². The summed E-state index contributed by atoms with van der Waals surface area (Å²) in [6, 6.07) is 10.3. The fourth-order valence-corrected chi connectivity index (χ4v) is 7.24. The summed E-state index contributed by atoms with van der Waals surface area (Å²) in [6.45, 7) is 8.48. The molecule has 2 N–H and O–H groups in total. The van der Waals surface area contributed by atoms with Gasteiger partial charge in [-0.1, -0.05) is 75.8 Å². The Bertz CT molecular complexity index is 1080. The first kappa shape index (κ1) is 26.9. The number of benzene rings is 1. The van der Waals surface area contributed by atoms with Crippen LogP contribution in [0.15, 0.2) is 30.3 Å². The molecule has 3 aliphatic rings. The molecule has 2 aliphatic heterocycles. The van der Waals surface area contributed by atoms with Gasteiger partial charge in [0.1, 0.15) is 11.6 Å². The van der Waals surface area contributed by atoms with Crippen LogP contribution in [-0.2, 0) is 9.59 Å². The van der Waals surface area contributed by atoms with Crippen LogP contribution in [0.2, 0.25) is 0 Å². The first-order valence-corrected chi connectivity index (χ1v) is 14.9. The van der Waals surface area contributed by atoms with Crippen LogP contribution in [-0.4, -0.2) is 63.0 Å². The van der Waals surface area contributed by atoms with Crippen molar-refractivity contribution >= 4 is 11.8 Å². The zero-order valence-corrected chi connectivity index (χ0v) is 23.5. The maximum Gasteiger partial charge on any atom is 0.246 e. The van der Waals surface area contributed by atoms with Crippen molar-refractivity contribution in [3.05, 3.63) is 52.8 Å². The molecule has 0 bridgehead atoms. The van der Waals surface area contributed by atoms with Crippen LogP contribution in [0.5, 0.6) is 0 Å². The first-order chi connectivity index (χ1) is 18.4. The van der Waals surface area contributed by atoms with Crippen molar-refractivity contribution in [1.29, 1.82) is 0 Å². The summed E-state index contributed by atoms with van der Waals surface area (Å²) in [5.74, 6) is 0.772. The molecule has 0 radical (unpaired) electrons. The van der Waals surface area contributed by atoms with Crippen molar-refractivity contribution in [2.45, 2.75) is 103 Å². The van der Waals surface area contributed by atoms with Gasteiger partial charge in [0.25, 0.3) is 0 Å². The predicted molar refractivity (Wildman–Crippen MR) is 150 cm³/mol. The lowest BCUT2D eigenvalue weighted by Gasteiger charge is -2.53. The minimum absolute atomic E-state index is 0.0674. The second-order valence-corrected chi connectivity index (χ2v) is 11.8. The monoisotopic (exact) mass is 519 g/mol. The van der Waals surface area contributed by atoms with E-state index in [9.17, 15) is 9.59 Å². The third-order valence-corrected chi connectivity index (χ3v) is 9.40. The second kappa shape index (κ2) is 11.6. The molecular formula is C31H45N5O2. The van der Waals surface area contributed by atoms with Gasteiger partial charge >= 0.3 is 0 Å². The highest BCUT2D eigenvalue weighted by Gasteiger charge is 2.54. The van der Waals surface area contributed by atoms with E-state index in [2.05, 4.69) is 65.5 Å². The Morgan fingerprint density at radius 2 is 1.76 bits per heavy atom. The lowest BCUT2D eigenvalue weighted by atomic mass is 9.78. The Hall–Kier alpha value is -2.67. The number of nitrogens with zero attached hydrogens (tertiary/aromatic N) is 3. The van der Waals surface area contributed by atoms with Crippen molar-refractivity contribution in [2.24, 2.45) is 5.92 Å². The molecule has 5 rings (SSSR count). The Labute approximate surface area is 227 Å². The van der Waals surface area contributed by atoms with Crippen molar-refractivity contribution in [3.63, 3.8) is 0 Å². The molecule has 1 unspecified atom stereocenters. The van der Waals surface area contributed by atoms with E-state index >= 15 is 0 Å². The molecule has 3 fully saturated rings. The number of hydrogen-bond acceptors (Lipinski definition) is 4. The van der Waals surface area contributed by atoms with Gasteiger partial charge in [-0.25, -0.2) is 0 Å². The van der Waals surface area contributed by atoms with Gasteiger partial charge in [0.15, 0.2) is 0 Å². The van der Waals surface area contributed by atoms with Gasteiger partial charge in [0, 0.05) is 30.9 Å². The number of rotatable bonds is 8. The zero-order valence-electron chi connectivity index (χ0n) is 23.5. The number of aromatic nitrogens is 2. The number of hydrogen-bond donors (Lipinski definition) is 2. The average molecular weight is 520 g/mol. The molecule has 2 aromatic rings. The number of amides is 2. The molecule has 1 aromatic carbocycles.